The van der Waals surface area contributed by atoms with E-state index in [1.807, 2.05) is 41.1 Å². The zero-order valence-electron chi connectivity index (χ0n) is 13.1. The fourth-order valence-electron chi connectivity index (χ4n) is 2.34. The molecule has 1 atom stereocenters. The second-order valence-electron chi connectivity index (χ2n) is 5.23. The third kappa shape index (κ3) is 3.69. The highest BCUT2D eigenvalue weighted by Crippen LogP contribution is 2.28. The van der Waals surface area contributed by atoms with Crippen molar-refractivity contribution in [1.29, 1.82) is 0 Å². The minimum atomic E-state index is -0.711. The van der Waals surface area contributed by atoms with E-state index in [1.54, 1.807) is 7.11 Å². The number of aliphatic hydroxyl groups is 1. The van der Waals surface area contributed by atoms with Gasteiger partial charge >= 0.3 is 6.03 Å². The van der Waals surface area contributed by atoms with Gasteiger partial charge in [-0.3, -0.25) is 0 Å². The van der Waals surface area contributed by atoms with Crippen LogP contribution in [0.3, 0.4) is 0 Å². The van der Waals surface area contributed by atoms with Crippen molar-refractivity contribution in [3.05, 3.63) is 52.4 Å². The van der Waals surface area contributed by atoms with Crippen LogP contribution in [0.2, 0.25) is 0 Å². The molecule has 24 heavy (non-hydrogen) atoms. The van der Waals surface area contributed by atoms with Gasteiger partial charge < -0.3 is 24.9 Å². The molecule has 2 amide bonds. The number of ether oxygens (including phenoxy) is 1. The van der Waals surface area contributed by atoms with E-state index in [9.17, 15) is 9.90 Å². The number of fused-ring (bicyclic) bond motifs is 1. The summed E-state index contributed by atoms with van der Waals surface area (Å²) in [6.07, 6.45) is -0.711. The Bertz CT molecular complexity index is 813. The van der Waals surface area contributed by atoms with Gasteiger partial charge in [0.25, 0.3) is 0 Å². The summed E-state index contributed by atoms with van der Waals surface area (Å²) < 4.78 is 11.0. The predicted octanol–water partition coefficient (Wildman–Crippen LogP) is 3.04. The normalized spacial score (nSPS) is 12.1. The third-order valence-corrected chi connectivity index (χ3v) is 4.29. The Labute approximate surface area is 143 Å². The van der Waals surface area contributed by atoms with Crippen LogP contribution in [0.4, 0.5) is 4.79 Å². The average Bonchev–Trinajstić information content (AvgIpc) is 3.26. The van der Waals surface area contributed by atoms with Gasteiger partial charge in [-0.25, -0.2) is 4.79 Å². The molecule has 3 aromatic rings. The molecule has 6 nitrogen and oxygen atoms in total. The maximum absolute atomic E-state index is 11.8. The van der Waals surface area contributed by atoms with E-state index < -0.39 is 6.10 Å². The highest BCUT2D eigenvalue weighted by atomic mass is 32.1. The van der Waals surface area contributed by atoms with Gasteiger partial charge in [-0.15, -0.1) is 0 Å². The first-order chi connectivity index (χ1) is 11.7. The van der Waals surface area contributed by atoms with Crippen LogP contribution in [-0.2, 0) is 6.54 Å². The lowest BCUT2D eigenvalue weighted by Gasteiger charge is -2.11. The van der Waals surface area contributed by atoms with Crippen LogP contribution in [0.15, 0.2) is 45.5 Å². The van der Waals surface area contributed by atoms with Gasteiger partial charge in [0.15, 0.2) is 11.3 Å². The number of methoxy groups -OCH3 is 1. The number of nitrogens with one attached hydrogen (secondary N) is 2. The summed E-state index contributed by atoms with van der Waals surface area (Å²) in [5.74, 6) is 1.28. The molecule has 3 rings (SSSR count). The van der Waals surface area contributed by atoms with Crippen molar-refractivity contribution in [1.82, 2.24) is 10.6 Å². The lowest BCUT2D eigenvalue weighted by molar-refractivity contribution is 0.173. The second kappa shape index (κ2) is 7.37. The largest absolute Gasteiger partial charge is 0.493 e. The minimum Gasteiger partial charge on any atom is -0.493 e. The first kappa shape index (κ1) is 16.4. The third-order valence-electron chi connectivity index (χ3n) is 3.59. The van der Waals surface area contributed by atoms with Crippen LogP contribution in [0.1, 0.15) is 17.4 Å². The number of para-hydroxylation sites is 1. The van der Waals surface area contributed by atoms with Crippen molar-refractivity contribution in [2.75, 3.05) is 13.7 Å². The molecule has 0 aliphatic heterocycles. The zero-order valence-corrected chi connectivity index (χ0v) is 13.9. The zero-order chi connectivity index (χ0) is 16.9. The van der Waals surface area contributed by atoms with E-state index >= 15 is 0 Å². The molecule has 2 aromatic heterocycles. The smallest absolute Gasteiger partial charge is 0.315 e. The fourth-order valence-corrected chi connectivity index (χ4v) is 3.05. The Balaban J connectivity index is 1.53. The summed E-state index contributed by atoms with van der Waals surface area (Å²) in [6.45, 7) is 0.398. The molecule has 0 spiro atoms. The molecule has 0 fully saturated rings. The SMILES string of the molecule is COc1cccc2cc(CNC(=O)NCC(O)c3ccsc3)oc12. The molecule has 3 N–H and O–H groups in total. The molecule has 0 aliphatic rings. The molecule has 0 saturated heterocycles. The number of rotatable bonds is 6. The van der Waals surface area contributed by atoms with Crippen LogP contribution in [0, 0.1) is 0 Å². The summed E-state index contributed by atoms with van der Waals surface area (Å²) in [7, 11) is 1.58. The topological polar surface area (TPSA) is 83.7 Å². The van der Waals surface area contributed by atoms with Crippen molar-refractivity contribution in [2.24, 2.45) is 0 Å². The Hall–Kier alpha value is -2.51. The maximum atomic E-state index is 11.8. The van der Waals surface area contributed by atoms with Crippen molar-refractivity contribution in [3.63, 3.8) is 0 Å². The van der Waals surface area contributed by atoms with Crippen LogP contribution in [0.5, 0.6) is 5.75 Å². The molecule has 126 valence electrons. The predicted molar refractivity (Wildman–Crippen MR) is 92.3 cm³/mol. The second-order valence-corrected chi connectivity index (χ2v) is 6.01. The fraction of sp³-hybridized carbons (Fsp3) is 0.235. The lowest BCUT2D eigenvalue weighted by atomic mass is 10.2. The summed E-state index contributed by atoms with van der Waals surface area (Å²) in [5.41, 5.74) is 1.45. The number of amides is 2. The molecule has 1 aromatic carbocycles. The molecular formula is C17H18N2O4S. The molecular weight excluding hydrogens is 328 g/mol. The van der Waals surface area contributed by atoms with Gasteiger partial charge in [-0.1, -0.05) is 12.1 Å². The molecule has 0 radical (unpaired) electrons. The first-order valence-electron chi connectivity index (χ1n) is 7.44. The highest BCUT2D eigenvalue weighted by Gasteiger charge is 2.11. The lowest BCUT2D eigenvalue weighted by Crippen LogP contribution is -2.37. The average molecular weight is 346 g/mol. The van der Waals surface area contributed by atoms with Crippen LogP contribution in [0.25, 0.3) is 11.0 Å². The van der Waals surface area contributed by atoms with E-state index in [2.05, 4.69) is 10.6 Å². The molecule has 2 heterocycles. The number of hydrogen-bond donors (Lipinski definition) is 3. The van der Waals surface area contributed by atoms with Crippen LogP contribution >= 0.6 is 11.3 Å². The van der Waals surface area contributed by atoms with Crippen molar-refractivity contribution < 1.29 is 19.1 Å². The Morgan fingerprint density at radius 3 is 3.00 bits per heavy atom. The molecule has 7 heteroatoms. The highest BCUT2D eigenvalue weighted by molar-refractivity contribution is 7.07. The standard InChI is InChI=1S/C17H18N2O4S/c1-22-15-4-2-3-11-7-13(23-16(11)15)8-18-17(21)19-9-14(20)12-5-6-24-10-12/h2-7,10,14,20H,8-9H2,1H3,(H2,18,19,21). The number of aliphatic hydroxyl groups excluding tert-OH is 1. The maximum Gasteiger partial charge on any atom is 0.315 e. The van der Waals surface area contributed by atoms with Gasteiger partial charge in [0.05, 0.1) is 19.8 Å². The van der Waals surface area contributed by atoms with Gasteiger partial charge in [0, 0.05) is 11.9 Å². The number of urea groups is 1. The molecule has 0 bridgehead atoms. The number of thiophene rings is 1. The Morgan fingerprint density at radius 1 is 1.38 bits per heavy atom. The number of carbonyl (C=O) groups excluding carboxylic acids is 1. The minimum absolute atomic E-state index is 0.149. The van der Waals surface area contributed by atoms with E-state index in [4.69, 9.17) is 9.15 Å². The van der Waals surface area contributed by atoms with Gasteiger partial charge in [-0.05, 0) is 34.5 Å². The van der Waals surface area contributed by atoms with Crippen LogP contribution in [-0.4, -0.2) is 24.8 Å². The van der Waals surface area contributed by atoms with E-state index in [1.165, 1.54) is 11.3 Å². The summed E-state index contributed by atoms with van der Waals surface area (Å²) >= 11 is 1.50. The molecule has 0 saturated carbocycles. The summed E-state index contributed by atoms with van der Waals surface area (Å²) in [6, 6.07) is 8.95. The molecule has 0 aliphatic carbocycles. The monoisotopic (exact) mass is 346 g/mol. The van der Waals surface area contributed by atoms with Crippen molar-refractivity contribution in [2.45, 2.75) is 12.6 Å². The quantitative estimate of drug-likeness (QED) is 0.640. The number of hydrogen-bond acceptors (Lipinski definition) is 5. The van der Waals surface area contributed by atoms with Gasteiger partial charge in [-0.2, -0.15) is 11.3 Å². The van der Waals surface area contributed by atoms with E-state index in [0.29, 0.717) is 17.1 Å². The van der Waals surface area contributed by atoms with E-state index in [0.717, 1.165) is 10.9 Å². The van der Waals surface area contributed by atoms with Crippen molar-refractivity contribution in [3.8, 4) is 5.75 Å². The van der Waals surface area contributed by atoms with Crippen molar-refractivity contribution >= 4 is 28.3 Å². The summed E-state index contributed by atoms with van der Waals surface area (Å²) in [4.78, 5) is 11.8. The van der Waals surface area contributed by atoms with E-state index in [-0.39, 0.29) is 19.1 Å². The van der Waals surface area contributed by atoms with Gasteiger partial charge in [0.1, 0.15) is 5.76 Å². The first-order valence-corrected chi connectivity index (χ1v) is 8.39. The Kier molecular flexibility index (Phi) is 5.02. The summed E-state index contributed by atoms with van der Waals surface area (Å²) in [5, 5.41) is 19.9. The molecule has 1 unspecified atom stereocenters. The van der Waals surface area contributed by atoms with Gasteiger partial charge in [0.2, 0.25) is 0 Å². The number of carbonyl (C=O) groups is 1. The number of furan rings is 1. The Morgan fingerprint density at radius 2 is 2.25 bits per heavy atom. The number of benzene rings is 1. The van der Waals surface area contributed by atoms with Crippen LogP contribution < -0.4 is 15.4 Å².